The van der Waals surface area contributed by atoms with Gasteiger partial charge in [0, 0.05) is 38.1 Å². The smallest absolute Gasteiger partial charge is 0.272 e. The van der Waals surface area contributed by atoms with Gasteiger partial charge in [-0.15, -0.1) is 0 Å². The summed E-state index contributed by atoms with van der Waals surface area (Å²) in [5.74, 6) is 0.730. The number of piperazine rings is 1. The molecule has 6 nitrogen and oxygen atoms in total. The van der Waals surface area contributed by atoms with Crippen LogP contribution in [0, 0.1) is 0 Å². The second-order valence-electron chi connectivity index (χ2n) is 5.85. The molecule has 1 fully saturated rings. The molecule has 0 radical (unpaired) electrons. The van der Waals surface area contributed by atoms with E-state index < -0.39 is 0 Å². The van der Waals surface area contributed by atoms with Crippen LogP contribution in [0.2, 0.25) is 0 Å². The van der Waals surface area contributed by atoms with Gasteiger partial charge in [-0.2, -0.15) is 0 Å². The molecule has 1 N–H and O–H groups in total. The van der Waals surface area contributed by atoms with Crippen molar-refractivity contribution in [2.45, 2.75) is 0 Å². The first-order chi connectivity index (χ1) is 11.7. The monoisotopic (exact) mass is 326 g/mol. The number of benzene rings is 1. The van der Waals surface area contributed by atoms with Crippen molar-refractivity contribution in [3.63, 3.8) is 0 Å². The van der Waals surface area contributed by atoms with E-state index in [0.717, 1.165) is 43.3 Å². The van der Waals surface area contributed by atoms with Crippen LogP contribution in [0.3, 0.4) is 0 Å². The van der Waals surface area contributed by atoms with E-state index in [2.05, 4.69) is 22.2 Å². The van der Waals surface area contributed by atoms with Gasteiger partial charge in [0.15, 0.2) is 0 Å². The predicted octanol–water partition coefficient (Wildman–Crippen LogP) is 2.22. The van der Waals surface area contributed by atoms with Crippen LogP contribution in [0.15, 0.2) is 42.6 Å². The minimum atomic E-state index is -0.0215. The Morgan fingerprint density at radius 2 is 1.92 bits per heavy atom. The number of hydrogen-bond donors (Lipinski definition) is 1. The van der Waals surface area contributed by atoms with Crippen molar-refractivity contribution in [3.05, 3.63) is 48.3 Å². The molecule has 0 atom stereocenters. The molecule has 126 valence electrons. The average molecular weight is 326 g/mol. The Labute approximate surface area is 142 Å². The summed E-state index contributed by atoms with van der Waals surface area (Å²) in [6.07, 6.45) is 1.65. The number of pyridine rings is 1. The summed E-state index contributed by atoms with van der Waals surface area (Å²) >= 11 is 0. The second-order valence-corrected chi connectivity index (χ2v) is 5.85. The van der Waals surface area contributed by atoms with Crippen LogP contribution < -0.4 is 10.1 Å². The number of anilines is 2. The van der Waals surface area contributed by atoms with Gasteiger partial charge in [0.05, 0.1) is 12.8 Å². The average Bonchev–Trinajstić information content (AvgIpc) is 2.62. The highest BCUT2D eigenvalue weighted by molar-refractivity contribution is 5.93. The highest BCUT2D eigenvalue weighted by Crippen LogP contribution is 2.27. The van der Waals surface area contributed by atoms with E-state index in [-0.39, 0.29) is 5.91 Å². The van der Waals surface area contributed by atoms with E-state index in [4.69, 9.17) is 4.74 Å². The number of carbonyl (C=O) groups excluding carboxylic acids is 1. The van der Waals surface area contributed by atoms with Crippen molar-refractivity contribution < 1.29 is 9.53 Å². The fourth-order valence-electron chi connectivity index (χ4n) is 2.70. The van der Waals surface area contributed by atoms with Crippen molar-refractivity contribution in [1.29, 1.82) is 0 Å². The van der Waals surface area contributed by atoms with Gasteiger partial charge in [-0.05, 0) is 31.3 Å². The minimum Gasteiger partial charge on any atom is -0.495 e. The molecular formula is C18H22N4O2. The molecule has 2 heterocycles. The van der Waals surface area contributed by atoms with Gasteiger partial charge in [-0.25, -0.2) is 0 Å². The molecule has 3 rings (SSSR count). The Morgan fingerprint density at radius 3 is 2.67 bits per heavy atom. The van der Waals surface area contributed by atoms with Gasteiger partial charge >= 0.3 is 0 Å². The van der Waals surface area contributed by atoms with Crippen LogP contribution in [-0.2, 0) is 0 Å². The van der Waals surface area contributed by atoms with Crippen LogP contribution in [0.25, 0.3) is 0 Å². The maximum absolute atomic E-state index is 12.6. The summed E-state index contributed by atoms with van der Waals surface area (Å²) in [5, 5.41) is 3.28. The normalized spacial score (nSPS) is 15.2. The van der Waals surface area contributed by atoms with Gasteiger partial charge in [0.2, 0.25) is 0 Å². The van der Waals surface area contributed by atoms with E-state index in [1.807, 2.05) is 35.2 Å². The lowest BCUT2D eigenvalue weighted by Crippen LogP contribution is -2.47. The largest absolute Gasteiger partial charge is 0.495 e. The Kier molecular flexibility index (Phi) is 4.96. The van der Waals surface area contributed by atoms with Crippen LogP contribution in [0.1, 0.15) is 10.5 Å². The number of ether oxygens (including phenoxy) is 1. The molecule has 1 saturated heterocycles. The fraction of sp³-hybridized carbons (Fsp3) is 0.333. The number of nitrogens with one attached hydrogen (secondary N) is 1. The molecule has 24 heavy (non-hydrogen) atoms. The molecule has 1 amide bonds. The first kappa shape index (κ1) is 16.3. The predicted molar refractivity (Wildman–Crippen MR) is 93.9 cm³/mol. The minimum absolute atomic E-state index is 0.0215. The SMILES string of the molecule is COc1ccccc1Nc1ccnc(C(=O)N2CCN(C)CC2)c1. The molecule has 0 saturated carbocycles. The fourth-order valence-corrected chi connectivity index (χ4v) is 2.70. The molecule has 1 aliphatic heterocycles. The zero-order valence-electron chi connectivity index (χ0n) is 14.0. The van der Waals surface area contributed by atoms with Crippen LogP contribution in [-0.4, -0.2) is 61.0 Å². The van der Waals surface area contributed by atoms with Crippen molar-refractivity contribution >= 4 is 17.3 Å². The van der Waals surface area contributed by atoms with E-state index >= 15 is 0 Å². The molecule has 1 aromatic carbocycles. The molecule has 1 aliphatic rings. The summed E-state index contributed by atoms with van der Waals surface area (Å²) < 4.78 is 5.34. The van der Waals surface area contributed by atoms with Gasteiger partial charge in [0.1, 0.15) is 11.4 Å². The molecule has 6 heteroatoms. The highest BCUT2D eigenvalue weighted by atomic mass is 16.5. The van der Waals surface area contributed by atoms with Crippen LogP contribution >= 0.6 is 0 Å². The molecule has 0 unspecified atom stereocenters. The number of methoxy groups -OCH3 is 1. The summed E-state index contributed by atoms with van der Waals surface area (Å²) in [6, 6.07) is 11.3. The number of nitrogens with zero attached hydrogens (tertiary/aromatic N) is 3. The maximum atomic E-state index is 12.6. The Balaban J connectivity index is 1.75. The topological polar surface area (TPSA) is 57.7 Å². The van der Waals surface area contributed by atoms with E-state index in [1.54, 1.807) is 19.4 Å². The maximum Gasteiger partial charge on any atom is 0.272 e. The first-order valence-corrected chi connectivity index (χ1v) is 8.01. The quantitative estimate of drug-likeness (QED) is 0.934. The zero-order valence-corrected chi connectivity index (χ0v) is 14.0. The van der Waals surface area contributed by atoms with Gasteiger partial charge in [0.25, 0.3) is 5.91 Å². The van der Waals surface area contributed by atoms with Crippen molar-refractivity contribution in [2.75, 3.05) is 45.7 Å². The number of hydrogen-bond acceptors (Lipinski definition) is 5. The molecule has 1 aromatic heterocycles. The summed E-state index contributed by atoms with van der Waals surface area (Å²) in [4.78, 5) is 20.9. The molecule has 2 aromatic rings. The number of likely N-dealkylation sites (N-methyl/N-ethyl adjacent to an activating group) is 1. The second kappa shape index (κ2) is 7.31. The molecule has 0 aliphatic carbocycles. The third kappa shape index (κ3) is 3.65. The lowest BCUT2D eigenvalue weighted by molar-refractivity contribution is 0.0658. The standard InChI is InChI=1S/C18H22N4O2/c1-21-9-11-22(12-10-21)18(23)16-13-14(7-8-19-16)20-15-5-3-4-6-17(15)24-2/h3-8,13H,9-12H2,1-2H3,(H,19,20). The van der Waals surface area contributed by atoms with Gasteiger partial charge < -0.3 is 19.9 Å². The molecular weight excluding hydrogens is 304 g/mol. The number of para-hydroxylation sites is 2. The Morgan fingerprint density at radius 1 is 1.17 bits per heavy atom. The summed E-state index contributed by atoms with van der Waals surface area (Å²) in [7, 11) is 3.70. The summed E-state index contributed by atoms with van der Waals surface area (Å²) in [5.41, 5.74) is 2.12. The van der Waals surface area contributed by atoms with Crippen molar-refractivity contribution in [2.24, 2.45) is 0 Å². The Bertz CT molecular complexity index is 712. The van der Waals surface area contributed by atoms with Crippen LogP contribution in [0.5, 0.6) is 5.75 Å². The van der Waals surface area contributed by atoms with E-state index in [0.29, 0.717) is 5.69 Å². The number of aromatic nitrogens is 1. The van der Waals surface area contributed by atoms with Crippen molar-refractivity contribution in [1.82, 2.24) is 14.8 Å². The Hall–Kier alpha value is -2.60. The van der Waals surface area contributed by atoms with Gasteiger partial charge in [-0.3, -0.25) is 9.78 Å². The van der Waals surface area contributed by atoms with Crippen molar-refractivity contribution in [3.8, 4) is 5.75 Å². The van der Waals surface area contributed by atoms with E-state index in [9.17, 15) is 4.79 Å². The summed E-state index contributed by atoms with van der Waals surface area (Å²) in [6.45, 7) is 3.26. The highest BCUT2D eigenvalue weighted by Gasteiger charge is 2.21. The van der Waals surface area contributed by atoms with Gasteiger partial charge in [-0.1, -0.05) is 12.1 Å². The zero-order chi connectivity index (χ0) is 16.9. The molecule has 0 bridgehead atoms. The number of carbonyl (C=O) groups is 1. The lowest BCUT2D eigenvalue weighted by atomic mass is 10.2. The lowest BCUT2D eigenvalue weighted by Gasteiger charge is -2.32. The molecule has 0 spiro atoms. The first-order valence-electron chi connectivity index (χ1n) is 8.01. The number of amides is 1. The third-order valence-electron chi connectivity index (χ3n) is 4.16. The van der Waals surface area contributed by atoms with Crippen LogP contribution in [0.4, 0.5) is 11.4 Å². The third-order valence-corrected chi connectivity index (χ3v) is 4.16. The number of rotatable bonds is 4. The van der Waals surface area contributed by atoms with E-state index in [1.165, 1.54) is 0 Å².